The molecule has 0 amide bonds. The second-order valence-corrected chi connectivity index (χ2v) is 4.01. The van der Waals surface area contributed by atoms with E-state index >= 15 is 0 Å². The van der Waals surface area contributed by atoms with E-state index in [0.29, 0.717) is 5.56 Å². The minimum Gasteiger partial charge on any atom is -0.466 e. The zero-order valence-corrected chi connectivity index (χ0v) is 11.2. The number of hydrogen-bond donors (Lipinski definition) is 1. The van der Waals surface area contributed by atoms with Crippen molar-refractivity contribution in [1.82, 2.24) is 4.98 Å². The van der Waals surface area contributed by atoms with Crippen LogP contribution in [0, 0.1) is 0 Å². The van der Waals surface area contributed by atoms with Crippen LogP contribution in [0.2, 0.25) is 0 Å². The number of esters is 1. The van der Waals surface area contributed by atoms with Crippen molar-refractivity contribution in [3.05, 3.63) is 33.2 Å². The van der Waals surface area contributed by atoms with Crippen molar-refractivity contribution < 1.29 is 18.3 Å². The first-order valence-corrected chi connectivity index (χ1v) is 6.36. The largest absolute Gasteiger partial charge is 0.466 e. The highest BCUT2D eigenvalue weighted by molar-refractivity contribution is 9.08. The first-order valence-electron chi connectivity index (χ1n) is 5.24. The third kappa shape index (κ3) is 3.38. The zero-order valence-electron chi connectivity index (χ0n) is 9.63. The van der Waals surface area contributed by atoms with Crippen LogP contribution >= 0.6 is 15.9 Å². The minimum atomic E-state index is -2.93. The summed E-state index contributed by atoms with van der Waals surface area (Å²) in [6.45, 7) is 1.78. The number of rotatable bonds is 5. The SMILES string of the molecule is CCOC(=O)Cc1c(CBr)c[nH]c(=O)c1C(F)F. The Morgan fingerprint density at radius 3 is 2.72 bits per heavy atom. The summed E-state index contributed by atoms with van der Waals surface area (Å²) in [5.41, 5.74) is -1.07. The number of halogens is 3. The van der Waals surface area contributed by atoms with Crippen molar-refractivity contribution in [3.63, 3.8) is 0 Å². The smallest absolute Gasteiger partial charge is 0.310 e. The standard InChI is InChI=1S/C11H12BrF2NO3/c1-2-18-8(16)3-7-6(4-12)5-15-11(17)9(7)10(13)14/h5,10H,2-4H2,1H3,(H,15,17). The minimum absolute atomic E-state index is 0.0316. The van der Waals surface area contributed by atoms with Crippen LogP contribution in [0.5, 0.6) is 0 Å². The van der Waals surface area contributed by atoms with Gasteiger partial charge in [-0.2, -0.15) is 0 Å². The molecule has 0 aliphatic rings. The number of carbonyl (C=O) groups excluding carboxylic acids is 1. The van der Waals surface area contributed by atoms with Gasteiger partial charge in [0.05, 0.1) is 18.6 Å². The fraction of sp³-hybridized carbons (Fsp3) is 0.455. The molecule has 7 heteroatoms. The lowest BCUT2D eigenvalue weighted by Crippen LogP contribution is -2.20. The van der Waals surface area contributed by atoms with Gasteiger partial charge in [0.1, 0.15) is 0 Å². The molecule has 0 bridgehead atoms. The normalized spacial score (nSPS) is 10.7. The van der Waals surface area contributed by atoms with E-state index in [1.54, 1.807) is 6.92 Å². The Morgan fingerprint density at radius 2 is 2.22 bits per heavy atom. The maximum Gasteiger partial charge on any atom is 0.310 e. The number of alkyl halides is 3. The summed E-state index contributed by atoms with van der Waals surface area (Å²) in [6.07, 6.45) is -1.95. The quantitative estimate of drug-likeness (QED) is 0.668. The molecule has 0 aromatic carbocycles. The third-order valence-electron chi connectivity index (χ3n) is 2.32. The summed E-state index contributed by atoms with van der Waals surface area (Å²) in [4.78, 5) is 25.0. The van der Waals surface area contributed by atoms with Crippen molar-refractivity contribution in [2.24, 2.45) is 0 Å². The van der Waals surface area contributed by atoms with Gasteiger partial charge in [0.15, 0.2) is 0 Å². The molecular formula is C11H12BrF2NO3. The van der Waals surface area contributed by atoms with Gasteiger partial charge >= 0.3 is 5.97 Å². The molecule has 0 aliphatic heterocycles. The molecule has 0 spiro atoms. The van der Waals surface area contributed by atoms with Gasteiger partial charge in [-0.15, -0.1) is 0 Å². The first-order chi connectivity index (χ1) is 8.51. The van der Waals surface area contributed by atoms with E-state index in [4.69, 9.17) is 4.74 Å². The summed E-state index contributed by atoms with van der Waals surface area (Å²) in [5, 5.41) is 0.262. The Labute approximate surface area is 110 Å². The fourth-order valence-electron chi connectivity index (χ4n) is 1.54. The molecule has 0 fully saturated rings. The molecule has 0 atom stereocenters. The molecule has 100 valence electrons. The fourth-order valence-corrected chi connectivity index (χ4v) is 2.04. The van der Waals surface area contributed by atoms with Crippen molar-refractivity contribution in [2.45, 2.75) is 25.1 Å². The molecule has 1 N–H and O–H groups in total. The van der Waals surface area contributed by atoms with Crippen molar-refractivity contribution >= 4 is 21.9 Å². The predicted molar refractivity (Wildman–Crippen MR) is 65.0 cm³/mol. The number of ether oxygens (including phenoxy) is 1. The van der Waals surface area contributed by atoms with Gasteiger partial charge < -0.3 is 9.72 Å². The second kappa shape index (κ2) is 6.63. The Hall–Kier alpha value is -1.24. The molecule has 1 aromatic heterocycles. The second-order valence-electron chi connectivity index (χ2n) is 3.45. The Kier molecular flexibility index (Phi) is 5.46. The van der Waals surface area contributed by atoms with Crippen LogP contribution in [0.4, 0.5) is 8.78 Å². The number of aromatic amines is 1. The van der Waals surface area contributed by atoms with Crippen LogP contribution in [-0.4, -0.2) is 17.6 Å². The van der Waals surface area contributed by atoms with Gasteiger partial charge in [-0.05, 0) is 18.1 Å². The first kappa shape index (κ1) is 14.8. The van der Waals surface area contributed by atoms with Crippen LogP contribution in [0.15, 0.2) is 11.0 Å². The average molecular weight is 324 g/mol. The molecule has 18 heavy (non-hydrogen) atoms. The van der Waals surface area contributed by atoms with Crippen LogP contribution in [0.1, 0.15) is 30.0 Å². The number of carbonyl (C=O) groups is 1. The van der Waals surface area contributed by atoms with Gasteiger partial charge in [-0.25, -0.2) is 8.78 Å². The molecule has 0 saturated carbocycles. The van der Waals surface area contributed by atoms with Gasteiger partial charge in [0.25, 0.3) is 12.0 Å². The van der Waals surface area contributed by atoms with Crippen molar-refractivity contribution in [1.29, 1.82) is 0 Å². The summed E-state index contributed by atoms with van der Waals surface area (Å²) in [7, 11) is 0. The zero-order chi connectivity index (χ0) is 13.7. The highest BCUT2D eigenvalue weighted by atomic mass is 79.9. The average Bonchev–Trinajstić information content (AvgIpc) is 2.29. The van der Waals surface area contributed by atoms with E-state index in [1.807, 2.05) is 0 Å². The Morgan fingerprint density at radius 1 is 1.56 bits per heavy atom. The van der Waals surface area contributed by atoms with E-state index in [1.165, 1.54) is 6.20 Å². The van der Waals surface area contributed by atoms with E-state index in [2.05, 4.69) is 20.9 Å². The molecule has 1 heterocycles. The third-order valence-corrected chi connectivity index (χ3v) is 2.93. The van der Waals surface area contributed by atoms with E-state index in [0.717, 1.165) is 0 Å². The van der Waals surface area contributed by atoms with E-state index in [-0.39, 0.29) is 23.9 Å². The maximum atomic E-state index is 12.9. The highest BCUT2D eigenvalue weighted by Gasteiger charge is 2.22. The molecule has 0 radical (unpaired) electrons. The number of aromatic nitrogens is 1. The molecule has 0 unspecified atom stereocenters. The van der Waals surface area contributed by atoms with Crippen LogP contribution < -0.4 is 5.56 Å². The van der Waals surface area contributed by atoms with Crippen LogP contribution in [0.25, 0.3) is 0 Å². The number of hydrogen-bond acceptors (Lipinski definition) is 3. The Bertz CT molecular complexity index is 488. The van der Waals surface area contributed by atoms with Crippen molar-refractivity contribution in [2.75, 3.05) is 6.61 Å². The van der Waals surface area contributed by atoms with Crippen LogP contribution in [-0.2, 0) is 21.3 Å². The lowest BCUT2D eigenvalue weighted by Gasteiger charge is -2.11. The topological polar surface area (TPSA) is 59.2 Å². The van der Waals surface area contributed by atoms with Gasteiger partial charge in [0.2, 0.25) is 0 Å². The molecule has 1 aromatic rings. The van der Waals surface area contributed by atoms with Gasteiger partial charge in [-0.3, -0.25) is 9.59 Å². The molecular weight excluding hydrogens is 312 g/mol. The number of H-pyrrole nitrogens is 1. The predicted octanol–water partition coefficient (Wildman–Crippen LogP) is 2.31. The van der Waals surface area contributed by atoms with Crippen LogP contribution in [0.3, 0.4) is 0 Å². The summed E-state index contributed by atoms with van der Waals surface area (Å²) in [5.74, 6) is -0.632. The maximum absolute atomic E-state index is 12.9. The number of pyridine rings is 1. The lowest BCUT2D eigenvalue weighted by atomic mass is 10.0. The van der Waals surface area contributed by atoms with Gasteiger partial charge in [-0.1, -0.05) is 15.9 Å². The van der Waals surface area contributed by atoms with E-state index < -0.39 is 23.5 Å². The van der Waals surface area contributed by atoms with E-state index in [9.17, 15) is 18.4 Å². The number of nitrogens with one attached hydrogen (secondary N) is 1. The lowest BCUT2D eigenvalue weighted by molar-refractivity contribution is -0.142. The monoisotopic (exact) mass is 323 g/mol. The van der Waals surface area contributed by atoms with Gasteiger partial charge in [0, 0.05) is 11.5 Å². The summed E-state index contributed by atoms with van der Waals surface area (Å²) < 4.78 is 30.4. The molecule has 0 saturated heterocycles. The molecule has 0 aliphatic carbocycles. The molecule has 1 rings (SSSR count). The van der Waals surface area contributed by atoms with Crippen molar-refractivity contribution in [3.8, 4) is 0 Å². The highest BCUT2D eigenvalue weighted by Crippen LogP contribution is 2.23. The molecule has 4 nitrogen and oxygen atoms in total. The Balaban J connectivity index is 3.24. The summed E-state index contributed by atoms with van der Waals surface area (Å²) >= 11 is 3.13. The summed E-state index contributed by atoms with van der Waals surface area (Å²) in [6, 6.07) is 0.